The fourth-order valence-electron chi connectivity index (χ4n) is 0.940. The summed E-state index contributed by atoms with van der Waals surface area (Å²) >= 11 is 4.57. The van der Waals surface area contributed by atoms with E-state index in [4.69, 9.17) is 0 Å². The van der Waals surface area contributed by atoms with Gasteiger partial charge in [-0.15, -0.1) is 11.3 Å². The highest BCUT2D eigenvalue weighted by Gasteiger charge is 2.17. The molecule has 0 aliphatic rings. The number of methoxy groups -OCH3 is 1. The third kappa shape index (κ3) is 3.32. The number of thiophene rings is 1. The molecule has 82 valence electrons. The van der Waals surface area contributed by atoms with Gasteiger partial charge in [0.05, 0.1) is 15.8 Å². The van der Waals surface area contributed by atoms with Crippen LogP contribution in [0.2, 0.25) is 0 Å². The van der Waals surface area contributed by atoms with Gasteiger partial charge in [0.25, 0.3) is 5.91 Å². The molecule has 1 amide bonds. The maximum Gasteiger partial charge on any atom is 0.328 e. The summed E-state index contributed by atoms with van der Waals surface area (Å²) < 4.78 is 5.37. The first-order chi connectivity index (χ1) is 7.04. The molecular formula is C9H10BrNO3S. The van der Waals surface area contributed by atoms with Gasteiger partial charge < -0.3 is 10.1 Å². The van der Waals surface area contributed by atoms with Crippen molar-refractivity contribution < 1.29 is 14.3 Å². The van der Waals surface area contributed by atoms with Gasteiger partial charge in [0.1, 0.15) is 6.04 Å². The van der Waals surface area contributed by atoms with Gasteiger partial charge in [0, 0.05) is 0 Å². The van der Waals surface area contributed by atoms with Gasteiger partial charge >= 0.3 is 5.97 Å². The summed E-state index contributed by atoms with van der Waals surface area (Å²) in [5.41, 5.74) is 0. The largest absolute Gasteiger partial charge is 0.467 e. The van der Waals surface area contributed by atoms with Crippen LogP contribution < -0.4 is 5.32 Å². The minimum absolute atomic E-state index is 0.274. The molecule has 0 saturated heterocycles. The van der Waals surface area contributed by atoms with E-state index in [2.05, 4.69) is 26.0 Å². The molecule has 0 bridgehead atoms. The molecule has 1 N–H and O–H groups in total. The number of hydrogen-bond acceptors (Lipinski definition) is 4. The lowest BCUT2D eigenvalue weighted by Crippen LogP contribution is -2.38. The molecule has 0 unspecified atom stereocenters. The standard InChI is InChI=1S/C9H10BrNO3S/c1-5(9(13)14-2)11-8(12)6-3-4-7(10)15-6/h3-5H,1-2H3,(H,11,12)/t5-/m0/s1. The monoisotopic (exact) mass is 291 g/mol. The van der Waals surface area contributed by atoms with Crippen LogP contribution in [0, 0.1) is 0 Å². The van der Waals surface area contributed by atoms with Crippen LogP contribution in [0.4, 0.5) is 0 Å². The van der Waals surface area contributed by atoms with E-state index in [1.807, 2.05) is 0 Å². The molecule has 6 heteroatoms. The van der Waals surface area contributed by atoms with E-state index in [9.17, 15) is 9.59 Å². The second-order valence-corrected chi connectivity index (χ2v) is 5.29. The van der Waals surface area contributed by atoms with Crippen molar-refractivity contribution in [3.63, 3.8) is 0 Å². The summed E-state index contributed by atoms with van der Waals surface area (Å²) in [6.45, 7) is 1.58. The molecule has 0 aliphatic heterocycles. The van der Waals surface area contributed by atoms with Gasteiger partial charge in [0.2, 0.25) is 0 Å². The van der Waals surface area contributed by atoms with Crippen molar-refractivity contribution in [2.45, 2.75) is 13.0 Å². The van der Waals surface area contributed by atoms with Crippen LogP contribution in [0.25, 0.3) is 0 Å². The Morgan fingerprint density at radius 2 is 2.20 bits per heavy atom. The van der Waals surface area contributed by atoms with E-state index in [0.29, 0.717) is 4.88 Å². The second-order valence-electron chi connectivity index (χ2n) is 2.82. The maximum atomic E-state index is 11.6. The van der Waals surface area contributed by atoms with E-state index < -0.39 is 12.0 Å². The van der Waals surface area contributed by atoms with E-state index in [-0.39, 0.29) is 5.91 Å². The summed E-state index contributed by atoms with van der Waals surface area (Å²) in [5.74, 6) is -0.734. The summed E-state index contributed by atoms with van der Waals surface area (Å²) in [4.78, 5) is 23.2. The molecule has 1 aromatic rings. The number of carbonyl (C=O) groups is 2. The Hall–Kier alpha value is -0.880. The highest BCUT2D eigenvalue weighted by Crippen LogP contribution is 2.21. The third-order valence-corrected chi connectivity index (χ3v) is 3.32. The Kier molecular flexibility index (Phi) is 4.28. The Morgan fingerprint density at radius 3 is 2.67 bits per heavy atom. The number of hydrogen-bond donors (Lipinski definition) is 1. The van der Waals surface area contributed by atoms with Gasteiger partial charge in [-0.05, 0) is 35.0 Å². The first-order valence-electron chi connectivity index (χ1n) is 4.18. The molecule has 1 aromatic heterocycles. The van der Waals surface area contributed by atoms with Crippen LogP contribution >= 0.6 is 27.3 Å². The molecule has 1 heterocycles. The summed E-state index contributed by atoms with van der Waals surface area (Å²) in [7, 11) is 1.28. The van der Waals surface area contributed by atoms with E-state index in [1.165, 1.54) is 18.4 Å². The van der Waals surface area contributed by atoms with Crippen molar-refractivity contribution in [3.8, 4) is 0 Å². The molecule has 0 fully saturated rings. The predicted octanol–water partition coefficient (Wildman–Crippen LogP) is 1.80. The van der Waals surface area contributed by atoms with E-state index in [0.717, 1.165) is 3.79 Å². The SMILES string of the molecule is COC(=O)[C@H](C)NC(=O)c1ccc(Br)s1. The summed E-state index contributed by atoms with van der Waals surface area (Å²) in [5, 5.41) is 2.54. The lowest BCUT2D eigenvalue weighted by Gasteiger charge is -2.10. The maximum absolute atomic E-state index is 11.6. The zero-order valence-corrected chi connectivity index (χ0v) is 10.6. The molecule has 0 aliphatic carbocycles. The van der Waals surface area contributed by atoms with Crippen molar-refractivity contribution in [3.05, 3.63) is 20.8 Å². The molecule has 0 saturated carbocycles. The normalized spacial score (nSPS) is 11.9. The fraction of sp³-hybridized carbons (Fsp3) is 0.333. The topological polar surface area (TPSA) is 55.4 Å². The number of halogens is 1. The Labute approximate surface area is 99.8 Å². The van der Waals surface area contributed by atoms with Crippen LogP contribution in [-0.4, -0.2) is 25.0 Å². The number of ether oxygens (including phenoxy) is 1. The van der Waals surface area contributed by atoms with Crippen LogP contribution in [0.5, 0.6) is 0 Å². The van der Waals surface area contributed by atoms with Crippen molar-refractivity contribution in [1.82, 2.24) is 5.32 Å². The number of esters is 1. The number of amides is 1. The number of rotatable bonds is 3. The van der Waals surface area contributed by atoms with Crippen molar-refractivity contribution >= 4 is 39.1 Å². The molecule has 1 atom stereocenters. The van der Waals surface area contributed by atoms with E-state index >= 15 is 0 Å². The van der Waals surface area contributed by atoms with Crippen molar-refractivity contribution in [2.75, 3.05) is 7.11 Å². The van der Waals surface area contributed by atoms with Gasteiger partial charge in [-0.25, -0.2) is 4.79 Å². The smallest absolute Gasteiger partial charge is 0.328 e. The minimum atomic E-state index is -0.636. The lowest BCUT2D eigenvalue weighted by molar-refractivity contribution is -0.142. The van der Waals surface area contributed by atoms with Crippen LogP contribution in [0.3, 0.4) is 0 Å². The Balaban J connectivity index is 2.60. The molecule has 0 spiro atoms. The molecular weight excluding hydrogens is 282 g/mol. The molecule has 1 rings (SSSR count). The summed E-state index contributed by atoms with van der Waals surface area (Å²) in [6.07, 6.45) is 0. The Morgan fingerprint density at radius 1 is 1.53 bits per heavy atom. The molecule has 15 heavy (non-hydrogen) atoms. The van der Waals surface area contributed by atoms with Gasteiger partial charge in [-0.1, -0.05) is 0 Å². The average molecular weight is 292 g/mol. The predicted molar refractivity (Wildman–Crippen MR) is 61.0 cm³/mol. The Bertz CT molecular complexity index is 377. The zero-order chi connectivity index (χ0) is 11.4. The number of nitrogens with one attached hydrogen (secondary N) is 1. The first kappa shape index (κ1) is 12.2. The van der Waals surface area contributed by atoms with Crippen molar-refractivity contribution in [1.29, 1.82) is 0 Å². The van der Waals surface area contributed by atoms with Gasteiger partial charge in [-0.2, -0.15) is 0 Å². The highest BCUT2D eigenvalue weighted by atomic mass is 79.9. The summed E-state index contributed by atoms with van der Waals surface area (Å²) in [6, 6.07) is 2.83. The highest BCUT2D eigenvalue weighted by molar-refractivity contribution is 9.11. The molecule has 0 aromatic carbocycles. The third-order valence-electron chi connectivity index (χ3n) is 1.70. The van der Waals surface area contributed by atoms with Crippen LogP contribution in [-0.2, 0) is 9.53 Å². The average Bonchev–Trinajstić information content (AvgIpc) is 2.63. The minimum Gasteiger partial charge on any atom is -0.467 e. The van der Waals surface area contributed by atoms with Crippen LogP contribution in [0.1, 0.15) is 16.6 Å². The lowest BCUT2D eigenvalue weighted by atomic mass is 10.3. The van der Waals surface area contributed by atoms with Crippen LogP contribution in [0.15, 0.2) is 15.9 Å². The van der Waals surface area contributed by atoms with Gasteiger partial charge in [-0.3, -0.25) is 4.79 Å². The quantitative estimate of drug-likeness (QED) is 0.864. The fourth-order valence-corrected chi connectivity index (χ4v) is 2.23. The molecule has 4 nitrogen and oxygen atoms in total. The zero-order valence-electron chi connectivity index (χ0n) is 8.24. The number of carbonyl (C=O) groups excluding carboxylic acids is 2. The first-order valence-corrected chi connectivity index (χ1v) is 5.79. The van der Waals surface area contributed by atoms with Gasteiger partial charge in [0.15, 0.2) is 0 Å². The van der Waals surface area contributed by atoms with E-state index in [1.54, 1.807) is 19.1 Å². The molecule has 0 radical (unpaired) electrons. The van der Waals surface area contributed by atoms with Crippen molar-refractivity contribution in [2.24, 2.45) is 0 Å². The second kappa shape index (κ2) is 5.27.